The minimum absolute atomic E-state index is 0.302. The second-order valence-corrected chi connectivity index (χ2v) is 7.05. The predicted molar refractivity (Wildman–Crippen MR) is 112 cm³/mol. The van der Waals surface area contributed by atoms with Crippen LogP contribution in [-0.2, 0) is 13.5 Å². The molecule has 0 unspecified atom stereocenters. The summed E-state index contributed by atoms with van der Waals surface area (Å²) in [6, 6.07) is 9.52. The summed E-state index contributed by atoms with van der Waals surface area (Å²) in [5.74, 6) is 2.38. The molecule has 0 aliphatic carbocycles. The molecule has 2 heterocycles. The number of hydrogen-bond acceptors (Lipinski definition) is 7. The number of nitrogens with two attached hydrogens (primary N) is 1. The minimum Gasteiger partial charge on any atom is -0.438 e. The molecule has 0 bridgehead atoms. The molecule has 0 radical (unpaired) electrons. The topological polar surface area (TPSA) is 106 Å². The van der Waals surface area contributed by atoms with E-state index in [-0.39, 0.29) is 0 Å². The molecule has 0 amide bonds. The quantitative estimate of drug-likeness (QED) is 0.660. The van der Waals surface area contributed by atoms with Gasteiger partial charge in [0.1, 0.15) is 5.75 Å². The molecule has 3 aromatic rings. The molecular weight excluding hydrogens is 366 g/mol. The molecule has 2 N–H and O–H groups in total. The molecule has 3 rings (SSSR count). The van der Waals surface area contributed by atoms with Gasteiger partial charge in [0.15, 0.2) is 11.6 Å². The summed E-state index contributed by atoms with van der Waals surface area (Å²) in [4.78, 5) is 10.9. The molecule has 29 heavy (non-hydrogen) atoms. The number of hydrogen-bond donors (Lipinski definition) is 1. The number of nitriles is 1. The maximum atomic E-state index is 9.30. The third kappa shape index (κ3) is 4.52. The van der Waals surface area contributed by atoms with E-state index in [0.29, 0.717) is 41.2 Å². The molecule has 8 nitrogen and oxygen atoms in total. The van der Waals surface area contributed by atoms with Crippen molar-refractivity contribution in [2.24, 2.45) is 12.8 Å². The monoisotopic (exact) mass is 391 g/mol. The molecule has 0 saturated heterocycles. The van der Waals surface area contributed by atoms with Crippen LogP contribution in [0.1, 0.15) is 25.0 Å². The molecule has 0 aliphatic rings. The van der Waals surface area contributed by atoms with Crippen molar-refractivity contribution in [3.63, 3.8) is 0 Å². The molecule has 0 spiro atoms. The average molecular weight is 391 g/mol. The van der Waals surface area contributed by atoms with Gasteiger partial charge < -0.3 is 15.4 Å². The summed E-state index contributed by atoms with van der Waals surface area (Å²) in [5.41, 5.74) is 7.75. The first-order valence-corrected chi connectivity index (χ1v) is 9.43. The summed E-state index contributed by atoms with van der Waals surface area (Å²) in [6.07, 6.45) is 4.24. The number of anilines is 1. The maximum Gasteiger partial charge on any atom is 0.219 e. The van der Waals surface area contributed by atoms with E-state index in [1.54, 1.807) is 35.3 Å². The SMILES string of the molecule is CC(C)N(C)c1cc(Oc2cc(C#N)ccc2-c2ncc(CCN)cn2)n(C)n1. The average Bonchev–Trinajstić information content (AvgIpc) is 3.08. The van der Waals surface area contributed by atoms with Gasteiger partial charge in [-0.1, -0.05) is 0 Å². The van der Waals surface area contributed by atoms with Gasteiger partial charge in [-0.3, -0.25) is 0 Å². The van der Waals surface area contributed by atoms with Crippen LogP contribution in [0, 0.1) is 11.3 Å². The minimum atomic E-state index is 0.302. The van der Waals surface area contributed by atoms with E-state index < -0.39 is 0 Å². The van der Waals surface area contributed by atoms with Crippen LogP contribution in [0.2, 0.25) is 0 Å². The van der Waals surface area contributed by atoms with Crippen LogP contribution in [-0.4, -0.2) is 39.4 Å². The van der Waals surface area contributed by atoms with Crippen LogP contribution in [0.3, 0.4) is 0 Å². The van der Waals surface area contributed by atoms with E-state index >= 15 is 0 Å². The van der Waals surface area contributed by atoms with E-state index in [4.69, 9.17) is 10.5 Å². The van der Waals surface area contributed by atoms with Gasteiger partial charge in [-0.15, -0.1) is 0 Å². The lowest BCUT2D eigenvalue weighted by atomic mass is 10.1. The molecule has 0 atom stereocenters. The molecule has 1 aromatic carbocycles. The Bertz CT molecular complexity index is 1020. The standard InChI is InChI=1S/C21H25N7O/c1-14(2)27(3)19-10-20(28(4)26-19)29-18-9-15(11-23)5-6-17(18)21-24-12-16(7-8-22)13-25-21/h5-6,9-10,12-14H,7-8,22H2,1-4H3. The van der Waals surface area contributed by atoms with Crippen molar-refractivity contribution in [3.8, 4) is 29.1 Å². The van der Waals surface area contributed by atoms with Gasteiger partial charge in [-0.25, -0.2) is 14.6 Å². The van der Waals surface area contributed by atoms with E-state index in [9.17, 15) is 5.26 Å². The molecule has 2 aromatic heterocycles. The Morgan fingerprint density at radius 2 is 1.97 bits per heavy atom. The normalized spacial score (nSPS) is 10.8. The van der Waals surface area contributed by atoms with E-state index in [0.717, 1.165) is 17.8 Å². The first-order chi connectivity index (χ1) is 13.9. The van der Waals surface area contributed by atoms with Crippen molar-refractivity contribution in [2.45, 2.75) is 26.3 Å². The van der Waals surface area contributed by atoms with Crippen LogP contribution in [0.4, 0.5) is 5.82 Å². The van der Waals surface area contributed by atoms with Crippen molar-refractivity contribution in [3.05, 3.63) is 47.8 Å². The van der Waals surface area contributed by atoms with E-state index in [1.165, 1.54) is 0 Å². The molecule has 0 aliphatic heterocycles. The van der Waals surface area contributed by atoms with Crippen LogP contribution >= 0.6 is 0 Å². The van der Waals surface area contributed by atoms with Gasteiger partial charge >= 0.3 is 0 Å². The summed E-state index contributed by atoms with van der Waals surface area (Å²) < 4.78 is 7.82. The fraction of sp³-hybridized carbons (Fsp3) is 0.333. The fourth-order valence-electron chi connectivity index (χ4n) is 2.73. The van der Waals surface area contributed by atoms with Crippen LogP contribution in [0.15, 0.2) is 36.7 Å². The molecule has 0 saturated carbocycles. The van der Waals surface area contributed by atoms with Gasteiger partial charge in [-0.05, 0) is 50.6 Å². The van der Waals surface area contributed by atoms with Gasteiger partial charge in [0.2, 0.25) is 5.88 Å². The zero-order valence-electron chi connectivity index (χ0n) is 17.1. The molecule has 0 fully saturated rings. The lowest BCUT2D eigenvalue weighted by Crippen LogP contribution is -2.26. The van der Waals surface area contributed by atoms with Crippen molar-refractivity contribution in [1.82, 2.24) is 19.7 Å². The highest BCUT2D eigenvalue weighted by atomic mass is 16.5. The number of aromatic nitrogens is 4. The largest absolute Gasteiger partial charge is 0.438 e. The lowest BCUT2D eigenvalue weighted by molar-refractivity contribution is 0.432. The summed E-state index contributed by atoms with van der Waals surface area (Å²) in [7, 11) is 3.80. The van der Waals surface area contributed by atoms with Gasteiger partial charge in [0.05, 0.1) is 17.2 Å². The number of benzene rings is 1. The summed E-state index contributed by atoms with van der Waals surface area (Å²) in [6.45, 7) is 4.73. The van der Waals surface area contributed by atoms with Crippen molar-refractivity contribution >= 4 is 5.82 Å². The molecule has 8 heteroatoms. The Morgan fingerprint density at radius 3 is 2.59 bits per heavy atom. The number of rotatable bonds is 7. The summed E-state index contributed by atoms with van der Waals surface area (Å²) >= 11 is 0. The van der Waals surface area contributed by atoms with Crippen LogP contribution < -0.4 is 15.4 Å². The number of aryl methyl sites for hydroxylation is 1. The third-order valence-corrected chi connectivity index (χ3v) is 4.66. The predicted octanol–water partition coefficient (Wildman–Crippen LogP) is 2.89. The van der Waals surface area contributed by atoms with Crippen molar-refractivity contribution in [2.75, 3.05) is 18.5 Å². The smallest absolute Gasteiger partial charge is 0.219 e. The first-order valence-electron chi connectivity index (χ1n) is 9.43. The lowest BCUT2D eigenvalue weighted by Gasteiger charge is -2.20. The Morgan fingerprint density at radius 1 is 1.24 bits per heavy atom. The Hall–Kier alpha value is -3.44. The molecular formula is C21H25N7O. The van der Waals surface area contributed by atoms with Crippen molar-refractivity contribution in [1.29, 1.82) is 5.26 Å². The van der Waals surface area contributed by atoms with Crippen LogP contribution in [0.25, 0.3) is 11.4 Å². The van der Waals surface area contributed by atoms with Gasteiger partial charge in [-0.2, -0.15) is 10.4 Å². The van der Waals surface area contributed by atoms with E-state index in [1.807, 2.05) is 20.2 Å². The summed E-state index contributed by atoms with van der Waals surface area (Å²) in [5, 5.41) is 13.8. The third-order valence-electron chi connectivity index (χ3n) is 4.66. The Balaban J connectivity index is 1.98. The van der Waals surface area contributed by atoms with Gasteiger partial charge in [0.25, 0.3) is 0 Å². The van der Waals surface area contributed by atoms with Crippen molar-refractivity contribution < 1.29 is 4.74 Å². The maximum absolute atomic E-state index is 9.30. The Kier molecular flexibility index (Phi) is 6.10. The van der Waals surface area contributed by atoms with E-state index in [2.05, 4.69) is 39.9 Å². The highest BCUT2D eigenvalue weighted by molar-refractivity contribution is 5.66. The molecule has 150 valence electrons. The zero-order valence-corrected chi connectivity index (χ0v) is 17.1. The zero-order chi connectivity index (χ0) is 21.0. The van der Waals surface area contributed by atoms with Gasteiger partial charge in [0, 0.05) is 38.6 Å². The Labute approximate surface area is 170 Å². The highest BCUT2D eigenvalue weighted by Crippen LogP contribution is 2.33. The first kappa shape index (κ1) is 20.3. The van der Waals surface area contributed by atoms with Crippen LogP contribution in [0.5, 0.6) is 11.6 Å². The second kappa shape index (κ2) is 8.71. The second-order valence-electron chi connectivity index (χ2n) is 7.05. The number of ether oxygens (including phenoxy) is 1. The highest BCUT2D eigenvalue weighted by Gasteiger charge is 2.16. The fourth-order valence-corrected chi connectivity index (χ4v) is 2.73. The number of nitrogens with zero attached hydrogens (tertiary/aromatic N) is 6.